The molecular formula is C14H24N2S3. The summed E-state index contributed by atoms with van der Waals surface area (Å²) in [5.41, 5.74) is 1.16. The number of nitrogens with one attached hydrogen (secondary N) is 1. The van der Waals surface area contributed by atoms with Gasteiger partial charge in [-0.2, -0.15) is 23.5 Å². The molecule has 0 spiro atoms. The molecule has 5 heteroatoms. The first-order chi connectivity index (χ1) is 9.24. The van der Waals surface area contributed by atoms with Crippen molar-refractivity contribution in [1.29, 1.82) is 0 Å². The summed E-state index contributed by atoms with van der Waals surface area (Å²) in [6.45, 7) is 7.67. The molecule has 0 radical (unpaired) electrons. The van der Waals surface area contributed by atoms with Crippen molar-refractivity contribution in [3.63, 3.8) is 0 Å². The normalized spacial score (nSPS) is 25.4. The SMILES string of the molecule is CCNC(Cc1nc(C)cs1)C1SCCSC1CC. The van der Waals surface area contributed by atoms with Gasteiger partial charge in [-0.3, -0.25) is 0 Å². The van der Waals surface area contributed by atoms with Crippen LogP contribution in [0.5, 0.6) is 0 Å². The highest BCUT2D eigenvalue weighted by molar-refractivity contribution is 8.07. The summed E-state index contributed by atoms with van der Waals surface area (Å²) in [5, 5.41) is 8.68. The van der Waals surface area contributed by atoms with Crippen LogP contribution in [0, 0.1) is 6.92 Å². The number of thiazole rings is 1. The summed E-state index contributed by atoms with van der Waals surface area (Å²) < 4.78 is 0. The lowest BCUT2D eigenvalue weighted by Crippen LogP contribution is -2.46. The Morgan fingerprint density at radius 1 is 1.37 bits per heavy atom. The second-order valence-corrected chi connectivity index (χ2v) is 8.48. The van der Waals surface area contributed by atoms with Crippen LogP contribution in [0.1, 0.15) is 31.0 Å². The lowest BCUT2D eigenvalue weighted by Gasteiger charge is -2.36. The van der Waals surface area contributed by atoms with Crippen molar-refractivity contribution >= 4 is 34.9 Å². The number of aryl methyl sites for hydroxylation is 1. The predicted octanol–water partition coefficient (Wildman–Crippen LogP) is 3.60. The molecule has 19 heavy (non-hydrogen) atoms. The number of hydrogen-bond acceptors (Lipinski definition) is 5. The average Bonchev–Trinajstić information content (AvgIpc) is 2.84. The van der Waals surface area contributed by atoms with Gasteiger partial charge in [0.15, 0.2) is 0 Å². The standard InChI is InChI=1S/C14H24N2S3/c1-4-12-14(18-7-6-17-12)11(15-5-2)8-13-16-10(3)9-19-13/h9,11-12,14-15H,4-8H2,1-3H3. The zero-order chi connectivity index (χ0) is 13.7. The minimum Gasteiger partial charge on any atom is -0.313 e. The number of aromatic nitrogens is 1. The topological polar surface area (TPSA) is 24.9 Å². The molecule has 1 aliphatic heterocycles. The van der Waals surface area contributed by atoms with Crippen LogP contribution in [0.3, 0.4) is 0 Å². The zero-order valence-corrected chi connectivity index (χ0v) is 14.5. The second-order valence-electron chi connectivity index (χ2n) is 4.90. The summed E-state index contributed by atoms with van der Waals surface area (Å²) in [6.07, 6.45) is 2.36. The molecule has 1 aromatic rings. The Morgan fingerprint density at radius 3 is 2.79 bits per heavy atom. The first-order valence-corrected chi connectivity index (χ1v) is 10.1. The predicted molar refractivity (Wildman–Crippen MR) is 90.8 cm³/mol. The van der Waals surface area contributed by atoms with E-state index in [0.29, 0.717) is 6.04 Å². The van der Waals surface area contributed by atoms with E-state index in [4.69, 9.17) is 0 Å². The van der Waals surface area contributed by atoms with Crippen LogP contribution < -0.4 is 5.32 Å². The van der Waals surface area contributed by atoms with Gasteiger partial charge >= 0.3 is 0 Å². The molecule has 1 fully saturated rings. The largest absolute Gasteiger partial charge is 0.313 e. The maximum Gasteiger partial charge on any atom is 0.0944 e. The summed E-state index contributed by atoms with van der Waals surface area (Å²) in [6, 6.07) is 0.568. The van der Waals surface area contributed by atoms with Crippen molar-refractivity contribution in [3.05, 3.63) is 16.1 Å². The van der Waals surface area contributed by atoms with Crippen LogP contribution in [-0.2, 0) is 6.42 Å². The number of thioether (sulfide) groups is 2. The first kappa shape index (κ1) is 15.7. The van der Waals surface area contributed by atoms with E-state index in [-0.39, 0.29) is 0 Å². The van der Waals surface area contributed by atoms with Crippen LogP contribution in [0.15, 0.2) is 5.38 Å². The minimum atomic E-state index is 0.568. The monoisotopic (exact) mass is 316 g/mol. The van der Waals surface area contributed by atoms with Crippen LogP contribution in [0.25, 0.3) is 0 Å². The van der Waals surface area contributed by atoms with Gasteiger partial charge in [-0.1, -0.05) is 13.8 Å². The Kier molecular flexibility index (Phi) is 6.53. The molecule has 2 heterocycles. The van der Waals surface area contributed by atoms with Gasteiger partial charge in [0.25, 0.3) is 0 Å². The van der Waals surface area contributed by atoms with Crippen LogP contribution in [0.2, 0.25) is 0 Å². The molecule has 1 aliphatic rings. The van der Waals surface area contributed by atoms with Gasteiger partial charge in [0.05, 0.1) is 5.01 Å². The van der Waals surface area contributed by atoms with E-state index in [0.717, 1.165) is 29.2 Å². The van der Waals surface area contributed by atoms with Crippen molar-refractivity contribution in [1.82, 2.24) is 10.3 Å². The molecular weight excluding hydrogens is 292 g/mol. The fourth-order valence-electron chi connectivity index (χ4n) is 2.56. The third-order valence-electron chi connectivity index (χ3n) is 3.42. The Hall–Kier alpha value is 0.290. The quantitative estimate of drug-likeness (QED) is 0.867. The molecule has 1 N–H and O–H groups in total. The summed E-state index contributed by atoms with van der Waals surface area (Å²) in [4.78, 5) is 4.64. The molecule has 3 unspecified atom stereocenters. The molecule has 1 saturated heterocycles. The maximum absolute atomic E-state index is 4.64. The van der Waals surface area contributed by atoms with Crippen molar-refractivity contribution in [2.75, 3.05) is 18.1 Å². The minimum absolute atomic E-state index is 0.568. The summed E-state index contributed by atoms with van der Waals surface area (Å²) in [5.74, 6) is 2.61. The molecule has 0 saturated carbocycles. The molecule has 0 amide bonds. The van der Waals surface area contributed by atoms with Gasteiger partial charge in [-0.25, -0.2) is 4.98 Å². The average molecular weight is 317 g/mol. The highest BCUT2D eigenvalue weighted by atomic mass is 32.2. The first-order valence-electron chi connectivity index (χ1n) is 7.12. The summed E-state index contributed by atoms with van der Waals surface area (Å²) >= 11 is 6.14. The zero-order valence-electron chi connectivity index (χ0n) is 12.0. The number of rotatable bonds is 6. The van der Waals surface area contributed by atoms with Crippen molar-refractivity contribution in [3.8, 4) is 0 Å². The van der Waals surface area contributed by atoms with E-state index in [1.165, 1.54) is 22.9 Å². The Bertz CT molecular complexity index is 381. The van der Waals surface area contributed by atoms with E-state index < -0.39 is 0 Å². The van der Waals surface area contributed by atoms with Gasteiger partial charge in [-0.05, 0) is 19.9 Å². The fraction of sp³-hybridized carbons (Fsp3) is 0.786. The number of nitrogens with zero attached hydrogens (tertiary/aromatic N) is 1. The van der Waals surface area contributed by atoms with Gasteiger partial charge in [-0.15, -0.1) is 11.3 Å². The van der Waals surface area contributed by atoms with E-state index >= 15 is 0 Å². The van der Waals surface area contributed by atoms with Gasteiger partial charge < -0.3 is 5.32 Å². The van der Waals surface area contributed by atoms with Crippen molar-refractivity contribution < 1.29 is 0 Å². The maximum atomic E-state index is 4.64. The molecule has 1 aromatic heterocycles. The van der Waals surface area contributed by atoms with E-state index in [2.05, 4.69) is 60.0 Å². The van der Waals surface area contributed by atoms with E-state index in [1.807, 2.05) is 11.3 Å². The van der Waals surface area contributed by atoms with Gasteiger partial charge in [0.2, 0.25) is 0 Å². The molecule has 108 valence electrons. The molecule has 0 aliphatic carbocycles. The number of hydrogen-bond donors (Lipinski definition) is 1. The Balaban J connectivity index is 2.05. The smallest absolute Gasteiger partial charge is 0.0944 e. The molecule has 2 nitrogen and oxygen atoms in total. The molecule has 0 bridgehead atoms. The van der Waals surface area contributed by atoms with Crippen molar-refractivity contribution in [2.45, 2.75) is 50.2 Å². The van der Waals surface area contributed by atoms with Gasteiger partial charge in [0.1, 0.15) is 0 Å². The number of likely N-dealkylation sites (N-methyl/N-ethyl adjacent to an activating group) is 1. The molecule has 3 atom stereocenters. The fourth-order valence-corrected chi connectivity index (χ4v) is 6.66. The lowest BCUT2D eigenvalue weighted by atomic mass is 10.1. The molecule has 2 rings (SSSR count). The third-order valence-corrected chi connectivity index (χ3v) is 7.81. The van der Waals surface area contributed by atoms with Gasteiger partial charge in [0, 0.05) is 45.5 Å². The van der Waals surface area contributed by atoms with Crippen LogP contribution in [0.4, 0.5) is 0 Å². The van der Waals surface area contributed by atoms with Crippen molar-refractivity contribution in [2.24, 2.45) is 0 Å². The highest BCUT2D eigenvalue weighted by Crippen LogP contribution is 2.36. The van der Waals surface area contributed by atoms with Crippen LogP contribution >= 0.6 is 34.9 Å². The van der Waals surface area contributed by atoms with Crippen LogP contribution in [-0.4, -0.2) is 39.6 Å². The summed E-state index contributed by atoms with van der Waals surface area (Å²) in [7, 11) is 0. The second kappa shape index (κ2) is 7.91. The molecule has 0 aromatic carbocycles. The van der Waals surface area contributed by atoms with E-state index in [9.17, 15) is 0 Å². The lowest BCUT2D eigenvalue weighted by molar-refractivity contribution is 0.489. The Labute approximate surface area is 129 Å². The highest BCUT2D eigenvalue weighted by Gasteiger charge is 2.32. The third kappa shape index (κ3) is 4.38. The van der Waals surface area contributed by atoms with E-state index in [1.54, 1.807) is 0 Å². The Morgan fingerprint density at radius 2 is 2.16 bits per heavy atom.